The number of amides is 8. The van der Waals surface area contributed by atoms with Crippen molar-refractivity contribution in [2.75, 3.05) is 26.2 Å². The molecule has 14 N–H and O–H groups in total. The summed E-state index contributed by atoms with van der Waals surface area (Å²) in [6, 6.07) is -5.38. The monoisotopic (exact) mass is 1160 g/mol. The fourth-order valence-electron chi connectivity index (χ4n) is 9.32. The molecule has 3 saturated heterocycles. The smallest absolute Gasteiger partial charge is 0.691 e. The fraction of sp³-hybridized carbons (Fsp3) is 0.612. The van der Waals surface area contributed by atoms with Crippen molar-refractivity contribution in [3.05, 3.63) is 47.7 Å². The van der Waals surface area contributed by atoms with Crippen LogP contribution in [-0.2, 0) is 49.4 Å². The van der Waals surface area contributed by atoms with Gasteiger partial charge in [0.25, 0.3) is 18.2 Å². The Morgan fingerprint density at radius 1 is 0.850 bits per heavy atom. The molecule has 0 aliphatic carbocycles. The van der Waals surface area contributed by atoms with E-state index in [0.717, 1.165) is 67.4 Å². The molecule has 29 nitrogen and oxygen atoms in total. The molecular weight excluding hydrogens is 1090 g/mol. The minimum atomic E-state index is -2.21. The van der Waals surface area contributed by atoms with E-state index >= 15 is 0 Å². The third kappa shape index (κ3) is 18.8. The molecule has 0 bridgehead atoms. The van der Waals surface area contributed by atoms with E-state index in [-0.39, 0.29) is 64.6 Å². The van der Waals surface area contributed by atoms with Crippen LogP contribution in [0.25, 0.3) is 0 Å². The molecule has 13 atom stereocenters. The Morgan fingerprint density at radius 3 is 2.19 bits per heavy atom. The van der Waals surface area contributed by atoms with Crippen LogP contribution in [0.2, 0.25) is 0 Å². The second-order valence-electron chi connectivity index (χ2n) is 19.8. The van der Waals surface area contributed by atoms with Crippen molar-refractivity contribution in [1.29, 1.82) is 0 Å². The van der Waals surface area contributed by atoms with E-state index in [9.17, 15) is 79.4 Å². The zero-order valence-corrected chi connectivity index (χ0v) is 47.5. The summed E-state index contributed by atoms with van der Waals surface area (Å²) in [7, 11) is 0. The number of aliphatic hydroxyl groups excluding tert-OH is 6. The number of rotatable bonds is 21. The van der Waals surface area contributed by atoms with Crippen LogP contribution in [0.3, 0.4) is 0 Å². The number of fused-ring (bicyclic) bond motifs is 2. The molecule has 0 spiro atoms. The average Bonchev–Trinajstić information content (AvgIpc) is 3.95. The van der Waals surface area contributed by atoms with Gasteiger partial charge in [0.05, 0.1) is 55.2 Å². The van der Waals surface area contributed by atoms with E-state index in [1.54, 1.807) is 0 Å². The Labute approximate surface area is 486 Å². The van der Waals surface area contributed by atoms with Crippen LogP contribution in [0.5, 0.6) is 17.4 Å². The van der Waals surface area contributed by atoms with E-state index in [4.69, 9.17) is 14.7 Å². The SMILES string of the molecule is CCCCCCCCOc1ccc(C(=O)N[C@H]2CC(O)CNC(=O)C3C(O)C(C)CN3C(=O)C(C(O)CC(N)=O)NC(=O)C(C(O)Cc3ccc(O)c(OSOO[O-])c3)NC(=O)C3CC(O)CN3C(=O)C(C(C)O)NC2=O)cn1.[Na+]. The first-order valence-corrected chi connectivity index (χ1v) is 26.4. The van der Waals surface area contributed by atoms with E-state index < -0.39 is 177 Å². The molecule has 0 radical (unpaired) electrons. The predicted molar refractivity (Wildman–Crippen MR) is 270 cm³/mol. The first-order valence-electron chi connectivity index (χ1n) is 25.7. The van der Waals surface area contributed by atoms with Crippen LogP contribution in [-0.4, -0.2) is 197 Å². The van der Waals surface area contributed by atoms with Gasteiger partial charge in [-0.2, -0.15) is 0 Å². The van der Waals surface area contributed by atoms with Gasteiger partial charge in [-0.15, -0.1) is 4.33 Å². The van der Waals surface area contributed by atoms with Crippen molar-refractivity contribution in [3.8, 4) is 17.4 Å². The van der Waals surface area contributed by atoms with Gasteiger partial charge in [0.15, 0.2) is 11.5 Å². The number of β-amino-alcohol motifs (C(OH)–C–C–N with tert-alkyl or cyclic N) is 1. The molecule has 80 heavy (non-hydrogen) atoms. The molecule has 8 amide bonds. The van der Waals surface area contributed by atoms with Crippen LogP contribution in [0.15, 0.2) is 36.5 Å². The number of carbonyl (C=O) groups is 8. The van der Waals surface area contributed by atoms with Gasteiger partial charge >= 0.3 is 29.6 Å². The van der Waals surface area contributed by atoms with Crippen molar-refractivity contribution in [3.63, 3.8) is 0 Å². The first kappa shape index (κ1) is 67.0. The second-order valence-corrected chi connectivity index (χ2v) is 20.2. The van der Waals surface area contributed by atoms with Crippen LogP contribution in [0.1, 0.15) is 94.5 Å². The molecule has 438 valence electrons. The Balaban J connectivity index is 0.0000138. The van der Waals surface area contributed by atoms with Gasteiger partial charge in [0, 0.05) is 57.1 Å². The number of ether oxygens (including phenoxy) is 1. The van der Waals surface area contributed by atoms with Crippen LogP contribution >= 0.6 is 12.3 Å². The Morgan fingerprint density at radius 2 is 1.52 bits per heavy atom. The van der Waals surface area contributed by atoms with Gasteiger partial charge in [0.2, 0.25) is 47.2 Å². The number of unbranched alkanes of at least 4 members (excludes halogenated alkanes) is 5. The molecular formula is C49H70N9NaO20S. The van der Waals surface area contributed by atoms with Crippen molar-refractivity contribution in [1.82, 2.24) is 41.4 Å². The average molecular weight is 1160 g/mol. The zero-order chi connectivity index (χ0) is 58.1. The van der Waals surface area contributed by atoms with Crippen molar-refractivity contribution >= 4 is 59.6 Å². The quantitative estimate of drug-likeness (QED) is 0.0182. The van der Waals surface area contributed by atoms with Gasteiger partial charge < -0.3 is 92.0 Å². The van der Waals surface area contributed by atoms with Crippen molar-refractivity contribution in [2.45, 2.75) is 158 Å². The third-order valence-electron chi connectivity index (χ3n) is 13.5. The number of carbonyl (C=O) groups excluding carboxylic acids is 8. The summed E-state index contributed by atoms with van der Waals surface area (Å²) >= 11 is -0.00391. The fourth-order valence-corrected chi connectivity index (χ4v) is 9.57. The number of phenolic OH excluding ortho intramolecular Hbond substituents is 1. The maximum Gasteiger partial charge on any atom is 1.00 e. The van der Waals surface area contributed by atoms with E-state index in [0.29, 0.717) is 6.61 Å². The number of benzene rings is 1. The maximum atomic E-state index is 14.6. The number of aliphatic hydroxyl groups is 6. The topological polar surface area (TPSA) is 444 Å². The van der Waals surface area contributed by atoms with Crippen LogP contribution in [0.4, 0.5) is 0 Å². The number of primary amides is 1. The molecule has 12 unspecified atom stereocenters. The number of nitrogens with one attached hydrogen (secondary N) is 5. The molecule has 0 saturated carbocycles. The summed E-state index contributed by atoms with van der Waals surface area (Å²) in [5.41, 5.74) is 5.38. The Kier molecular flexibility index (Phi) is 27.0. The summed E-state index contributed by atoms with van der Waals surface area (Å²) in [4.78, 5) is 118. The van der Waals surface area contributed by atoms with E-state index in [1.165, 1.54) is 31.3 Å². The summed E-state index contributed by atoms with van der Waals surface area (Å²) in [5.74, 6) is -10.9. The largest absolute Gasteiger partial charge is 1.00 e. The summed E-state index contributed by atoms with van der Waals surface area (Å²) in [6.07, 6.45) is -6.23. The van der Waals surface area contributed by atoms with E-state index in [2.05, 4.69) is 47.9 Å². The van der Waals surface area contributed by atoms with Crippen LogP contribution < -0.4 is 76.1 Å². The number of aromatic hydroxyl groups is 1. The zero-order valence-electron chi connectivity index (χ0n) is 44.6. The Hall–Kier alpha value is -5.48. The Bertz CT molecular complexity index is 2430. The summed E-state index contributed by atoms with van der Waals surface area (Å²) in [6.45, 7) is 3.37. The summed E-state index contributed by atoms with van der Waals surface area (Å²) < 4.78 is 14.8. The molecule has 3 aliphatic rings. The van der Waals surface area contributed by atoms with Gasteiger partial charge in [0.1, 0.15) is 36.3 Å². The number of aromatic nitrogens is 1. The summed E-state index contributed by atoms with van der Waals surface area (Å²) in [5, 5.41) is 103. The number of hydrogen-bond donors (Lipinski definition) is 13. The van der Waals surface area contributed by atoms with Crippen molar-refractivity contribution < 1.29 is 127 Å². The van der Waals surface area contributed by atoms with Gasteiger partial charge in [-0.3, -0.25) is 43.4 Å². The molecule has 31 heteroatoms. The van der Waals surface area contributed by atoms with Crippen LogP contribution in [0, 0.1) is 5.92 Å². The van der Waals surface area contributed by atoms with Crippen molar-refractivity contribution in [2.24, 2.45) is 11.7 Å². The normalized spacial score (nSPS) is 26.4. The van der Waals surface area contributed by atoms with Gasteiger partial charge in [-0.1, -0.05) is 52.0 Å². The first-order chi connectivity index (χ1) is 37.5. The number of nitrogens with two attached hydrogens (primary N) is 1. The molecule has 2 aromatic rings. The number of hydrogen-bond acceptors (Lipinski definition) is 22. The maximum absolute atomic E-state index is 14.6. The molecule has 3 fully saturated rings. The molecule has 1 aromatic heterocycles. The number of phenols is 1. The van der Waals surface area contributed by atoms with Gasteiger partial charge in [-0.25, -0.2) is 4.98 Å². The van der Waals surface area contributed by atoms with E-state index in [1.807, 2.05) is 0 Å². The number of nitrogens with zero attached hydrogens (tertiary/aromatic N) is 3. The minimum Gasteiger partial charge on any atom is -0.691 e. The second kappa shape index (κ2) is 32.2. The molecule has 3 aliphatic heterocycles. The third-order valence-corrected chi connectivity index (χ3v) is 13.9. The standard InChI is InChI=1S/C49H71N9O20S.Na/c1-4-5-6-7-8-9-14-75-37-13-11-27(20-51-37)43(67)53-30-17-28(60)21-52-47(71)41-42(66)24(2)22-58(41)49(73)40(34(64)19-36(50)65)56-46(70)39(33(63)15-26-10-12-32(62)35(16-26)76-79-78-77-74)55-45(69)31-18-29(61)23-57(31)48(72)38(25(3)59)54-44(30)68;/h10-13,16,20,24-25,28-31,33-34,38-42,59-64,66,74H,4-9,14-15,17-19,21-23H2,1-3H3,(H2,50,65)(H,52,71)(H,53,67)(H,54,68)(H,55,69)(H,56,70);/q;+1/p-1/t24?,25?,28?,29?,30-,31?,33?,34?,38?,39?,40?,41?,42?;/m0./s1. The number of pyridine rings is 1. The molecule has 1 aromatic carbocycles. The molecule has 4 heterocycles. The minimum absolute atomic E-state index is 0. The predicted octanol–water partition coefficient (Wildman–Crippen LogP) is -7.48. The molecule has 5 rings (SSSR count). The van der Waals surface area contributed by atoms with Gasteiger partial charge in [-0.05, 0) is 37.1 Å².